The van der Waals surface area contributed by atoms with E-state index in [0.717, 1.165) is 57.2 Å². The van der Waals surface area contributed by atoms with Crippen molar-refractivity contribution in [1.29, 1.82) is 0 Å². The molecule has 106 valence electrons. The third kappa shape index (κ3) is 3.52. The lowest BCUT2D eigenvalue weighted by molar-refractivity contribution is 0.00867. The molecule has 6 nitrogen and oxygen atoms in total. The summed E-state index contributed by atoms with van der Waals surface area (Å²) in [6, 6.07) is 0. The van der Waals surface area contributed by atoms with E-state index in [4.69, 9.17) is 14.2 Å². The van der Waals surface area contributed by atoms with Crippen molar-refractivity contribution >= 4 is 0 Å². The van der Waals surface area contributed by atoms with Crippen LogP contribution in [-0.2, 0) is 20.8 Å². The molecular weight excluding hydrogens is 246 g/mol. The van der Waals surface area contributed by atoms with Crippen molar-refractivity contribution in [1.82, 2.24) is 15.2 Å². The fraction of sp³-hybridized carbons (Fsp3) is 0.846. The van der Waals surface area contributed by atoms with E-state index in [2.05, 4.69) is 15.2 Å². The van der Waals surface area contributed by atoms with Gasteiger partial charge in [0.25, 0.3) is 0 Å². The monoisotopic (exact) mass is 267 g/mol. The molecule has 2 fully saturated rings. The number of aromatic nitrogens is 3. The molecule has 19 heavy (non-hydrogen) atoms. The van der Waals surface area contributed by atoms with Crippen LogP contribution in [0.4, 0.5) is 0 Å². The lowest BCUT2D eigenvalue weighted by atomic mass is 10.00. The van der Waals surface area contributed by atoms with Gasteiger partial charge in [-0.05, 0) is 25.7 Å². The molecule has 1 N–H and O–H groups in total. The van der Waals surface area contributed by atoms with Crippen LogP contribution in [0.1, 0.15) is 43.3 Å². The molecule has 0 aromatic carbocycles. The molecule has 0 bridgehead atoms. The molecule has 2 aliphatic heterocycles. The zero-order valence-corrected chi connectivity index (χ0v) is 11.1. The summed E-state index contributed by atoms with van der Waals surface area (Å²) in [5.74, 6) is 2.13. The molecule has 6 heteroatoms. The number of nitrogens with zero attached hydrogens (tertiary/aromatic N) is 2. The molecule has 1 aromatic rings. The van der Waals surface area contributed by atoms with Crippen LogP contribution in [0.25, 0.3) is 0 Å². The molecule has 2 saturated heterocycles. The molecule has 1 aromatic heterocycles. The van der Waals surface area contributed by atoms with Crippen molar-refractivity contribution < 1.29 is 14.2 Å². The first-order valence-corrected chi connectivity index (χ1v) is 7.10. The topological polar surface area (TPSA) is 69.3 Å². The van der Waals surface area contributed by atoms with Gasteiger partial charge >= 0.3 is 0 Å². The molecular formula is C13H21N3O3. The fourth-order valence-corrected chi connectivity index (χ4v) is 2.58. The number of H-pyrrole nitrogens is 1. The predicted octanol–water partition coefficient (Wildman–Crippen LogP) is 1.39. The normalized spacial score (nSPS) is 24.9. The Morgan fingerprint density at radius 2 is 2.11 bits per heavy atom. The second-order valence-electron chi connectivity index (χ2n) is 5.18. The molecule has 0 unspecified atom stereocenters. The van der Waals surface area contributed by atoms with E-state index in [1.807, 2.05) is 0 Å². The smallest absolute Gasteiger partial charge is 0.154 e. The van der Waals surface area contributed by atoms with Gasteiger partial charge in [0.1, 0.15) is 6.61 Å². The quantitative estimate of drug-likeness (QED) is 0.873. The summed E-state index contributed by atoms with van der Waals surface area (Å²) in [4.78, 5) is 4.51. The van der Waals surface area contributed by atoms with Gasteiger partial charge < -0.3 is 14.2 Å². The summed E-state index contributed by atoms with van der Waals surface area (Å²) in [7, 11) is 0. The molecule has 0 radical (unpaired) electrons. The summed E-state index contributed by atoms with van der Waals surface area (Å²) in [5.41, 5.74) is 0. The lowest BCUT2D eigenvalue weighted by Gasteiger charge is -2.18. The Morgan fingerprint density at radius 1 is 1.21 bits per heavy atom. The van der Waals surface area contributed by atoms with Crippen molar-refractivity contribution in [3.8, 4) is 0 Å². The van der Waals surface area contributed by atoms with Crippen LogP contribution in [0.3, 0.4) is 0 Å². The Morgan fingerprint density at radius 3 is 2.89 bits per heavy atom. The average Bonchev–Trinajstić information content (AvgIpc) is 3.11. The second kappa shape index (κ2) is 6.45. The number of hydrogen-bond donors (Lipinski definition) is 1. The van der Waals surface area contributed by atoms with Gasteiger partial charge in [0, 0.05) is 25.7 Å². The highest BCUT2D eigenvalue weighted by atomic mass is 16.5. The Labute approximate surface area is 112 Å². The Balaban J connectivity index is 1.44. The minimum Gasteiger partial charge on any atom is -0.381 e. The fourth-order valence-electron chi connectivity index (χ4n) is 2.58. The first-order valence-electron chi connectivity index (χ1n) is 7.10. The zero-order chi connectivity index (χ0) is 12.9. The lowest BCUT2D eigenvalue weighted by Crippen LogP contribution is -2.15. The summed E-state index contributed by atoms with van der Waals surface area (Å²) in [6.07, 6.45) is 4.52. The van der Waals surface area contributed by atoms with Crippen molar-refractivity contribution in [2.45, 2.75) is 44.3 Å². The van der Waals surface area contributed by atoms with Crippen molar-refractivity contribution in [3.05, 3.63) is 11.6 Å². The number of hydrogen-bond acceptors (Lipinski definition) is 5. The van der Waals surface area contributed by atoms with E-state index in [0.29, 0.717) is 19.1 Å². The average molecular weight is 267 g/mol. The van der Waals surface area contributed by atoms with Crippen LogP contribution in [-0.4, -0.2) is 47.7 Å². The summed E-state index contributed by atoms with van der Waals surface area (Å²) in [6.45, 7) is 3.61. The van der Waals surface area contributed by atoms with Crippen LogP contribution in [0.2, 0.25) is 0 Å². The molecule has 3 rings (SSSR count). The van der Waals surface area contributed by atoms with E-state index < -0.39 is 0 Å². The molecule has 1 atom stereocenters. The van der Waals surface area contributed by atoms with Crippen molar-refractivity contribution in [2.75, 3.05) is 26.4 Å². The van der Waals surface area contributed by atoms with Crippen molar-refractivity contribution in [2.24, 2.45) is 0 Å². The van der Waals surface area contributed by atoms with Crippen LogP contribution >= 0.6 is 0 Å². The van der Waals surface area contributed by atoms with Crippen LogP contribution in [0.15, 0.2) is 0 Å². The highest BCUT2D eigenvalue weighted by Crippen LogP contribution is 2.23. The summed E-state index contributed by atoms with van der Waals surface area (Å²) in [5, 5.41) is 7.25. The third-order valence-corrected chi connectivity index (χ3v) is 3.70. The predicted molar refractivity (Wildman–Crippen MR) is 67.8 cm³/mol. The largest absolute Gasteiger partial charge is 0.381 e. The summed E-state index contributed by atoms with van der Waals surface area (Å²) >= 11 is 0. The Bertz CT molecular complexity index is 384. The van der Waals surface area contributed by atoms with Gasteiger partial charge in [0.15, 0.2) is 11.6 Å². The number of nitrogens with one attached hydrogen (secondary N) is 1. The minimum atomic E-state index is 0.262. The van der Waals surface area contributed by atoms with E-state index in [-0.39, 0.29) is 6.10 Å². The zero-order valence-electron chi connectivity index (χ0n) is 11.1. The Hall–Kier alpha value is -0.980. The van der Waals surface area contributed by atoms with Gasteiger partial charge in [-0.2, -0.15) is 5.10 Å². The first-order chi connectivity index (χ1) is 9.42. The highest BCUT2D eigenvalue weighted by Gasteiger charge is 2.20. The van der Waals surface area contributed by atoms with Gasteiger partial charge in [-0.25, -0.2) is 4.98 Å². The van der Waals surface area contributed by atoms with Gasteiger partial charge in [-0.15, -0.1) is 0 Å². The van der Waals surface area contributed by atoms with E-state index in [1.165, 1.54) is 0 Å². The number of aromatic amines is 1. The van der Waals surface area contributed by atoms with Crippen LogP contribution in [0.5, 0.6) is 0 Å². The van der Waals surface area contributed by atoms with Gasteiger partial charge in [0.05, 0.1) is 12.7 Å². The molecule has 0 aliphatic carbocycles. The number of ether oxygens (including phenoxy) is 3. The van der Waals surface area contributed by atoms with E-state index in [1.54, 1.807) is 0 Å². The maximum Gasteiger partial charge on any atom is 0.154 e. The maximum atomic E-state index is 5.62. The molecule has 0 spiro atoms. The molecule has 0 amide bonds. The minimum absolute atomic E-state index is 0.262. The SMILES string of the molecule is C1CO[C@H](COCc2nc(C3CCOCC3)n[nH]2)C1. The van der Waals surface area contributed by atoms with E-state index >= 15 is 0 Å². The summed E-state index contributed by atoms with van der Waals surface area (Å²) < 4.78 is 16.5. The van der Waals surface area contributed by atoms with Gasteiger partial charge in [0.2, 0.25) is 0 Å². The maximum absolute atomic E-state index is 5.62. The molecule has 3 heterocycles. The van der Waals surface area contributed by atoms with Gasteiger partial charge in [-0.3, -0.25) is 5.10 Å². The number of rotatable bonds is 5. The third-order valence-electron chi connectivity index (χ3n) is 3.70. The standard InChI is InChI=1S/C13H21N3O3/c1-2-11(19-5-1)8-18-9-12-14-13(16-15-12)10-3-6-17-7-4-10/h10-11H,1-9H2,(H,14,15,16)/t11-/m0/s1. The van der Waals surface area contributed by atoms with E-state index in [9.17, 15) is 0 Å². The Kier molecular flexibility index (Phi) is 4.42. The molecule has 2 aliphatic rings. The van der Waals surface area contributed by atoms with Crippen LogP contribution in [0, 0.1) is 0 Å². The van der Waals surface area contributed by atoms with Crippen molar-refractivity contribution in [3.63, 3.8) is 0 Å². The van der Waals surface area contributed by atoms with Crippen LogP contribution < -0.4 is 0 Å². The molecule has 0 saturated carbocycles. The highest BCUT2D eigenvalue weighted by molar-refractivity contribution is 4.98. The first kappa shape index (κ1) is 13.0. The second-order valence-corrected chi connectivity index (χ2v) is 5.18. The van der Waals surface area contributed by atoms with Gasteiger partial charge in [-0.1, -0.05) is 0 Å².